The van der Waals surface area contributed by atoms with Crippen molar-refractivity contribution in [3.05, 3.63) is 86.2 Å². The van der Waals surface area contributed by atoms with Crippen molar-refractivity contribution in [2.24, 2.45) is 0 Å². The molecule has 0 unspecified atom stereocenters. The minimum Gasteiger partial charge on any atom is -0.321 e. The van der Waals surface area contributed by atoms with Crippen molar-refractivity contribution in [2.75, 3.05) is 0 Å². The molecule has 2 aromatic carbocycles. The summed E-state index contributed by atoms with van der Waals surface area (Å²) in [7, 11) is 0. The number of H-pyrrole nitrogens is 1. The quantitative estimate of drug-likeness (QED) is 0.583. The fourth-order valence-electron chi connectivity index (χ4n) is 2.55. The maximum Gasteiger partial charge on any atom is 0.269 e. The highest BCUT2D eigenvalue weighted by atomic mass is 16.6. The van der Waals surface area contributed by atoms with Gasteiger partial charge in [-0.1, -0.05) is 29.8 Å². The average molecular weight is 331 g/mol. The molecule has 25 heavy (non-hydrogen) atoms. The summed E-state index contributed by atoms with van der Waals surface area (Å²) in [5, 5.41) is 20.1. The SMILES string of the molecule is Cc1ccc(-c2cc(-c3ccc([N+](=O)[O-])cc3)c(C#N)c(=O)[nH]2)cc1. The van der Waals surface area contributed by atoms with Crippen LogP contribution in [0.3, 0.4) is 0 Å². The lowest BCUT2D eigenvalue weighted by atomic mass is 9.98. The van der Waals surface area contributed by atoms with Crippen molar-refractivity contribution in [2.45, 2.75) is 6.92 Å². The largest absolute Gasteiger partial charge is 0.321 e. The number of hydrogen-bond acceptors (Lipinski definition) is 4. The highest BCUT2D eigenvalue weighted by Gasteiger charge is 2.14. The molecule has 0 aliphatic rings. The number of rotatable bonds is 3. The predicted molar refractivity (Wildman–Crippen MR) is 94.0 cm³/mol. The molecule has 0 aliphatic carbocycles. The summed E-state index contributed by atoms with van der Waals surface area (Å²) in [4.78, 5) is 25.3. The summed E-state index contributed by atoms with van der Waals surface area (Å²) < 4.78 is 0. The van der Waals surface area contributed by atoms with Gasteiger partial charge in [0.15, 0.2) is 0 Å². The Hall–Kier alpha value is -3.72. The first-order chi connectivity index (χ1) is 12.0. The first-order valence-corrected chi connectivity index (χ1v) is 7.49. The second-order valence-electron chi connectivity index (χ2n) is 5.58. The van der Waals surface area contributed by atoms with Crippen LogP contribution in [0.4, 0.5) is 5.69 Å². The molecule has 0 amide bonds. The van der Waals surface area contributed by atoms with Gasteiger partial charge >= 0.3 is 0 Å². The molecular formula is C19H13N3O3. The van der Waals surface area contributed by atoms with E-state index in [0.717, 1.165) is 11.1 Å². The van der Waals surface area contributed by atoms with E-state index in [9.17, 15) is 20.2 Å². The molecule has 3 aromatic rings. The number of aromatic amines is 1. The van der Waals surface area contributed by atoms with Gasteiger partial charge in [0.1, 0.15) is 11.6 Å². The topological polar surface area (TPSA) is 99.8 Å². The van der Waals surface area contributed by atoms with Crippen LogP contribution in [-0.2, 0) is 0 Å². The van der Waals surface area contributed by atoms with Crippen molar-refractivity contribution >= 4 is 5.69 Å². The Morgan fingerprint density at radius 1 is 1.04 bits per heavy atom. The number of benzene rings is 2. The van der Waals surface area contributed by atoms with Gasteiger partial charge in [0.05, 0.1) is 4.92 Å². The van der Waals surface area contributed by atoms with E-state index in [1.54, 1.807) is 6.07 Å². The highest BCUT2D eigenvalue weighted by Crippen LogP contribution is 2.27. The standard InChI is InChI=1S/C19H13N3O3/c1-12-2-4-14(5-3-12)18-10-16(17(11-20)19(23)21-18)13-6-8-15(9-7-13)22(24)25/h2-10H,1H3,(H,21,23). The first kappa shape index (κ1) is 16.1. The molecule has 0 bridgehead atoms. The normalized spacial score (nSPS) is 10.2. The van der Waals surface area contributed by atoms with Crippen LogP contribution >= 0.6 is 0 Å². The summed E-state index contributed by atoms with van der Waals surface area (Å²) in [6.07, 6.45) is 0. The van der Waals surface area contributed by atoms with Gasteiger partial charge in [-0.25, -0.2) is 0 Å². The number of nitrogens with zero attached hydrogens (tertiary/aromatic N) is 2. The summed E-state index contributed by atoms with van der Waals surface area (Å²) in [6.45, 7) is 1.97. The van der Waals surface area contributed by atoms with Crippen LogP contribution in [0.15, 0.2) is 59.4 Å². The van der Waals surface area contributed by atoms with E-state index in [2.05, 4.69) is 4.98 Å². The molecule has 0 saturated heterocycles. The fourth-order valence-corrected chi connectivity index (χ4v) is 2.55. The number of hydrogen-bond donors (Lipinski definition) is 1. The molecule has 1 N–H and O–H groups in total. The lowest BCUT2D eigenvalue weighted by molar-refractivity contribution is -0.384. The zero-order chi connectivity index (χ0) is 18.0. The Kier molecular flexibility index (Phi) is 4.14. The number of pyridine rings is 1. The smallest absolute Gasteiger partial charge is 0.269 e. The van der Waals surface area contributed by atoms with Gasteiger partial charge in [-0.2, -0.15) is 5.26 Å². The Labute approximate surface area is 143 Å². The third-order valence-corrected chi connectivity index (χ3v) is 3.90. The van der Waals surface area contributed by atoms with Crippen molar-refractivity contribution in [1.82, 2.24) is 4.98 Å². The van der Waals surface area contributed by atoms with Crippen molar-refractivity contribution in [1.29, 1.82) is 5.26 Å². The lowest BCUT2D eigenvalue weighted by Crippen LogP contribution is -2.12. The Bertz CT molecular complexity index is 1040. The highest BCUT2D eigenvalue weighted by molar-refractivity contribution is 5.75. The summed E-state index contributed by atoms with van der Waals surface area (Å²) in [5.41, 5.74) is 2.94. The molecule has 122 valence electrons. The third kappa shape index (κ3) is 3.16. The van der Waals surface area contributed by atoms with Gasteiger partial charge in [-0.3, -0.25) is 14.9 Å². The number of nitrogens with one attached hydrogen (secondary N) is 1. The number of nitro groups is 1. The van der Waals surface area contributed by atoms with E-state index < -0.39 is 10.5 Å². The monoisotopic (exact) mass is 331 g/mol. The number of non-ortho nitro benzene ring substituents is 1. The van der Waals surface area contributed by atoms with Crippen LogP contribution in [0, 0.1) is 28.4 Å². The summed E-state index contributed by atoms with van der Waals surface area (Å²) in [6, 6.07) is 17.0. The third-order valence-electron chi connectivity index (χ3n) is 3.90. The molecule has 0 saturated carbocycles. The van der Waals surface area contributed by atoms with Crippen LogP contribution in [0.1, 0.15) is 11.1 Å². The van der Waals surface area contributed by atoms with Crippen LogP contribution in [0.25, 0.3) is 22.4 Å². The van der Waals surface area contributed by atoms with Gasteiger partial charge in [0.2, 0.25) is 0 Å². The Balaban J connectivity index is 2.18. The van der Waals surface area contributed by atoms with E-state index >= 15 is 0 Å². The van der Waals surface area contributed by atoms with Crippen molar-refractivity contribution in [3.8, 4) is 28.5 Å². The van der Waals surface area contributed by atoms with Crippen LogP contribution in [0.5, 0.6) is 0 Å². The second-order valence-corrected chi connectivity index (χ2v) is 5.58. The fraction of sp³-hybridized carbons (Fsp3) is 0.0526. The van der Waals surface area contributed by atoms with Gasteiger partial charge in [0.25, 0.3) is 11.2 Å². The van der Waals surface area contributed by atoms with Gasteiger partial charge in [-0.15, -0.1) is 0 Å². The van der Waals surface area contributed by atoms with E-state index in [0.29, 0.717) is 16.8 Å². The number of aryl methyl sites for hydroxylation is 1. The molecular weight excluding hydrogens is 318 g/mol. The molecule has 6 heteroatoms. The molecule has 3 rings (SSSR count). The van der Waals surface area contributed by atoms with Gasteiger partial charge in [0, 0.05) is 23.4 Å². The van der Waals surface area contributed by atoms with E-state index in [1.807, 2.05) is 37.3 Å². The molecule has 6 nitrogen and oxygen atoms in total. The van der Waals surface area contributed by atoms with Crippen LogP contribution in [-0.4, -0.2) is 9.91 Å². The molecule has 1 heterocycles. The number of nitriles is 1. The van der Waals surface area contributed by atoms with Gasteiger partial charge in [-0.05, 0) is 36.2 Å². The van der Waals surface area contributed by atoms with Crippen LogP contribution < -0.4 is 5.56 Å². The maximum atomic E-state index is 12.3. The Morgan fingerprint density at radius 3 is 2.20 bits per heavy atom. The lowest BCUT2D eigenvalue weighted by Gasteiger charge is -2.08. The molecule has 0 atom stereocenters. The van der Waals surface area contributed by atoms with E-state index in [1.165, 1.54) is 24.3 Å². The first-order valence-electron chi connectivity index (χ1n) is 7.49. The minimum absolute atomic E-state index is 0.0234. The minimum atomic E-state index is -0.496. The summed E-state index contributed by atoms with van der Waals surface area (Å²) >= 11 is 0. The van der Waals surface area contributed by atoms with Crippen LogP contribution in [0.2, 0.25) is 0 Å². The predicted octanol–water partition coefficient (Wildman–Crippen LogP) is 3.80. The van der Waals surface area contributed by atoms with Gasteiger partial charge < -0.3 is 4.98 Å². The van der Waals surface area contributed by atoms with E-state index in [4.69, 9.17) is 0 Å². The Morgan fingerprint density at radius 2 is 1.64 bits per heavy atom. The number of nitro benzene ring substituents is 1. The molecule has 0 aliphatic heterocycles. The number of aromatic nitrogens is 1. The maximum absolute atomic E-state index is 12.3. The molecule has 0 radical (unpaired) electrons. The average Bonchev–Trinajstić information content (AvgIpc) is 2.61. The molecule has 0 spiro atoms. The van der Waals surface area contributed by atoms with Crippen molar-refractivity contribution < 1.29 is 4.92 Å². The van der Waals surface area contributed by atoms with Crippen molar-refractivity contribution in [3.63, 3.8) is 0 Å². The second kappa shape index (κ2) is 6.42. The summed E-state index contributed by atoms with van der Waals surface area (Å²) in [5.74, 6) is 0. The molecule has 1 aromatic heterocycles. The van der Waals surface area contributed by atoms with E-state index in [-0.39, 0.29) is 11.3 Å². The zero-order valence-electron chi connectivity index (χ0n) is 13.3. The molecule has 0 fully saturated rings. The zero-order valence-corrected chi connectivity index (χ0v) is 13.3.